The summed E-state index contributed by atoms with van der Waals surface area (Å²) >= 11 is 7.49. The molecule has 1 rings (SSSR count). The number of ether oxygens (including phenoxy) is 1. The third-order valence-electron chi connectivity index (χ3n) is 1.49. The van der Waals surface area contributed by atoms with Crippen molar-refractivity contribution < 1.29 is 4.74 Å². The Morgan fingerprint density at radius 1 is 1.54 bits per heavy atom. The standard InChI is InChI=1S/C9H12ClNOS/c1-12-4-5-13-7-8-2-3-9(10)11-6-8/h2-3,6H,4-5,7H2,1H3. The summed E-state index contributed by atoms with van der Waals surface area (Å²) in [6, 6.07) is 3.81. The van der Waals surface area contributed by atoms with E-state index >= 15 is 0 Å². The second-order valence-electron chi connectivity index (χ2n) is 2.53. The van der Waals surface area contributed by atoms with Gasteiger partial charge in [-0.1, -0.05) is 17.7 Å². The first-order chi connectivity index (χ1) is 6.33. The third kappa shape index (κ3) is 4.50. The van der Waals surface area contributed by atoms with Crippen LogP contribution < -0.4 is 0 Å². The van der Waals surface area contributed by atoms with E-state index < -0.39 is 0 Å². The number of pyridine rings is 1. The van der Waals surface area contributed by atoms with E-state index in [1.54, 1.807) is 7.11 Å². The zero-order chi connectivity index (χ0) is 9.52. The van der Waals surface area contributed by atoms with Crippen LogP contribution >= 0.6 is 23.4 Å². The molecule has 0 bridgehead atoms. The average molecular weight is 218 g/mol. The Hall–Kier alpha value is -0.250. The van der Waals surface area contributed by atoms with Gasteiger partial charge in [-0.05, 0) is 11.6 Å². The molecule has 0 fully saturated rings. The molecule has 0 aliphatic rings. The van der Waals surface area contributed by atoms with Crippen LogP contribution in [0.4, 0.5) is 0 Å². The van der Waals surface area contributed by atoms with Gasteiger partial charge < -0.3 is 4.74 Å². The van der Waals surface area contributed by atoms with Gasteiger partial charge in [-0.25, -0.2) is 4.98 Å². The van der Waals surface area contributed by atoms with Gasteiger partial charge in [-0.2, -0.15) is 11.8 Å². The minimum Gasteiger partial charge on any atom is -0.384 e. The smallest absolute Gasteiger partial charge is 0.129 e. The van der Waals surface area contributed by atoms with Crippen LogP contribution in [0.25, 0.3) is 0 Å². The van der Waals surface area contributed by atoms with Crippen LogP contribution in [-0.2, 0) is 10.5 Å². The molecular weight excluding hydrogens is 206 g/mol. The lowest BCUT2D eigenvalue weighted by molar-refractivity contribution is 0.218. The van der Waals surface area contributed by atoms with Gasteiger partial charge in [0.2, 0.25) is 0 Å². The Bertz CT molecular complexity index is 240. The molecule has 0 unspecified atom stereocenters. The van der Waals surface area contributed by atoms with Gasteiger partial charge >= 0.3 is 0 Å². The van der Waals surface area contributed by atoms with Gasteiger partial charge in [0.05, 0.1) is 6.61 Å². The van der Waals surface area contributed by atoms with E-state index in [1.807, 2.05) is 30.1 Å². The molecule has 0 spiro atoms. The van der Waals surface area contributed by atoms with E-state index in [1.165, 1.54) is 5.56 Å². The van der Waals surface area contributed by atoms with Gasteiger partial charge in [0.15, 0.2) is 0 Å². The number of halogens is 1. The molecule has 1 aromatic heterocycles. The number of hydrogen-bond donors (Lipinski definition) is 0. The zero-order valence-electron chi connectivity index (χ0n) is 7.50. The van der Waals surface area contributed by atoms with Gasteiger partial charge in [0, 0.05) is 24.8 Å². The van der Waals surface area contributed by atoms with Gasteiger partial charge in [-0.15, -0.1) is 0 Å². The maximum atomic E-state index is 5.66. The molecule has 4 heteroatoms. The molecular formula is C9H12ClNOS. The van der Waals surface area contributed by atoms with Gasteiger partial charge in [-0.3, -0.25) is 0 Å². The van der Waals surface area contributed by atoms with Crippen LogP contribution in [-0.4, -0.2) is 24.5 Å². The highest BCUT2D eigenvalue weighted by Crippen LogP contribution is 2.12. The molecule has 2 nitrogen and oxygen atoms in total. The number of aromatic nitrogens is 1. The highest BCUT2D eigenvalue weighted by molar-refractivity contribution is 7.98. The molecule has 0 N–H and O–H groups in total. The summed E-state index contributed by atoms with van der Waals surface area (Å²) < 4.78 is 4.94. The molecule has 0 saturated heterocycles. The number of thioether (sulfide) groups is 1. The minimum absolute atomic E-state index is 0.547. The molecule has 0 aliphatic heterocycles. The summed E-state index contributed by atoms with van der Waals surface area (Å²) in [4.78, 5) is 4.00. The zero-order valence-corrected chi connectivity index (χ0v) is 9.07. The van der Waals surface area contributed by atoms with Gasteiger partial charge in [0.25, 0.3) is 0 Å². The van der Waals surface area contributed by atoms with Gasteiger partial charge in [0.1, 0.15) is 5.15 Å². The van der Waals surface area contributed by atoms with E-state index in [4.69, 9.17) is 16.3 Å². The fraction of sp³-hybridized carbons (Fsp3) is 0.444. The summed E-state index contributed by atoms with van der Waals surface area (Å²) in [5.41, 5.74) is 1.20. The molecule has 13 heavy (non-hydrogen) atoms. The van der Waals surface area contributed by atoms with Crippen molar-refractivity contribution >= 4 is 23.4 Å². The monoisotopic (exact) mass is 217 g/mol. The van der Waals surface area contributed by atoms with E-state index in [9.17, 15) is 0 Å². The Morgan fingerprint density at radius 3 is 3.00 bits per heavy atom. The normalized spacial score (nSPS) is 10.3. The maximum Gasteiger partial charge on any atom is 0.129 e. The Kier molecular flexibility index (Phi) is 5.20. The van der Waals surface area contributed by atoms with Crippen LogP contribution in [0, 0.1) is 0 Å². The Balaban J connectivity index is 2.25. The lowest BCUT2D eigenvalue weighted by atomic mass is 10.3. The predicted molar refractivity (Wildman–Crippen MR) is 57.3 cm³/mol. The number of nitrogens with zero attached hydrogens (tertiary/aromatic N) is 1. The van der Waals surface area contributed by atoms with Crippen molar-refractivity contribution in [3.8, 4) is 0 Å². The van der Waals surface area contributed by atoms with Crippen molar-refractivity contribution in [3.05, 3.63) is 29.0 Å². The first kappa shape index (κ1) is 10.8. The first-order valence-corrected chi connectivity index (χ1v) is 5.53. The van der Waals surface area contributed by atoms with Crippen LogP contribution in [0.2, 0.25) is 5.15 Å². The van der Waals surface area contributed by atoms with Crippen molar-refractivity contribution in [2.24, 2.45) is 0 Å². The summed E-state index contributed by atoms with van der Waals surface area (Å²) in [6.45, 7) is 0.797. The Morgan fingerprint density at radius 2 is 2.38 bits per heavy atom. The first-order valence-electron chi connectivity index (χ1n) is 4.00. The van der Waals surface area contributed by atoms with E-state index in [0.717, 1.165) is 18.1 Å². The molecule has 0 aliphatic carbocycles. The van der Waals surface area contributed by atoms with E-state index in [2.05, 4.69) is 4.98 Å². The van der Waals surface area contributed by atoms with Crippen molar-refractivity contribution in [2.45, 2.75) is 5.75 Å². The summed E-state index contributed by atoms with van der Waals surface area (Å²) in [5.74, 6) is 1.98. The summed E-state index contributed by atoms with van der Waals surface area (Å²) in [5, 5.41) is 0.547. The molecule has 72 valence electrons. The Labute approximate surface area is 87.7 Å². The van der Waals surface area contributed by atoms with Crippen LogP contribution in [0.5, 0.6) is 0 Å². The average Bonchev–Trinajstić information content (AvgIpc) is 2.15. The molecule has 0 atom stereocenters. The third-order valence-corrected chi connectivity index (χ3v) is 2.71. The number of methoxy groups -OCH3 is 1. The summed E-state index contributed by atoms with van der Waals surface area (Å²) in [7, 11) is 1.71. The van der Waals surface area contributed by atoms with Crippen LogP contribution in [0.1, 0.15) is 5.56 Å². The van der Waals surface area contributed by atoms with Crippen LogP contribution in [0.15, 0.2) is 18.3 Å². The fourth-order valence-corrected chi connectivity index (χ4v) is 1.77. The SMILES string of the molecule is COCCSCc1ccc(Cl)nc1. The quantitative estimate of drug-likeness (QED) is 0.559. The molecule has 1 heterocycles. The topological polar surface area (TPSA) is 22.1 Å². The second-order valence-corrected chi connectivity index (χ2v) is 4.03. The van der Waals surface area contributed by atoms with Crippen molar-refractivity contribution in [1.82, 2.24) is 4.98 Å². The van der Waals surface area contributed by atoms with E-state index in [0.29, 0.717) is 5.15 Å². The van der Waals surface area contributed by atoms with Crippen molar-refractivity contribution in [1.29, 1.82) is 0 Å². The molecule has 0 radical (unpaired) electrons. The molecule has 1 aromatic rings. The maximum absolute atomic E-state index is 5.66. The molecule has 0 amide bonds. The lowest BCUT2D eigenvalue weighted by Gasteiger charge is -2.00. The highest BCUT2D eigenvalue weighted by Gasteiger charge is 1.94. The molecule has 0 saturated carbocycles. The fourth-order valence-electron chi connectivity index (χ4n) is 0.824. The van der Waals surface area contributed by atoms with Crippen molar-refractivity contribution in [2.75, 3.05) is 19.5 Å². The largest absolute Gasteiger partial charge is 0.384 e. The lowest BCUT2D eigenvalue weighted by Crippen LogP contribution is -1.92. The second kappa shape index (κ2) is 6.24. The molecule has 0 aromatic carbocycles. The van der Waals surface area contributed by atoms with Crippen LogP contribution in [0.3, 0.4) is 0 Å². The van der Waals surface area contributed by atoms with Crippen molar-refractivity contribution in [3.63, 3.8) is 0 Å². The number of hydrogen-bond acceptors (Lipinski definition) is 3. The highest BCUT2D eigenvalue weighted by atomic mass is 35.5. The minimum atomic E-state index is 0.547. The predicted octanol–water partition coefficient (Wildman–Crippen LogP) is 2.61. The van der Waals surface area contributed by atoms with E-state index in [-0.39, 0.29) is 0 Å². The number of rotatable bonds is 5. The summed E-state index contributed by atoms with van der Waals surface area (Å²) in [6.07, 6.45) is 1.81.